The second-order valence-corrected chi connectivity index (χ2v) is 4.14. The Morgan fingerprint density at radius 2 is 2.00 bits per heavy atom. The first-order valence-corrected chi connectivity index (χ1v) is 5.37. The summed E-state index contributed by atoms with van der Waals surface area (Å²) in [6, 6.07) is 0. The minimum absolute atomic E-state index is 0.124. The van der Waals surface area contributed by atoms with Crippen LogP contribution < -0.4 is 5.56 Å². The lowest BCUT2D eigenvalue weighted by Crippen LogP contribution is -2.21. The molecule has 0 spiro atoms. The van der Waals surface area contributed by atoms with Crippen LogP contribution in [-0.4, -0.2) is 15.2 Å². The van der Waals surface area contributed by atoms with Crippen LogP contribution in [0.2, 0.25) is 0 Å². The molecule has 1 fully saturated rings. The molecule has 1 heterocycles. The van der Waals surface area contributed by atoms with E-state index in [0.29, 0.717) is 16.4 Å². The summed E-state index contributed by atoms with van der Waals surface area (Å²) in [5, 5.41) is 6.68. The van der Waals surface area contributed by atoms with E-state index in [0.717, 1.165) is 12.8 Å². The average molecular weight is 211 g/mol. The zero-order valence-electron chi connectivity index (χ0n) is 7.88. The first-order chi connectivity index (χ1) is 6.77. The predicted octanol–water partition coefficient (Wildman–Crippen LogP) is 1.88. The van der Waals surface area contributed by atoms with Gasteiger partial charge in [-0.25, -0.2) is 0 Å². The van der Waals surface area contributed by atoms with E-state index in [4.69, 9.17) is 12.2 Å². The van der Waals surface area contributed by atoms with Crippen LogP contribution >= 0.6 is 12.2 Å². The highest BCUT2D eigenvalue weighted by atomic mass is 32.1. The Hall–Kier alpha value is -0.970. The number of aromatic nitrogens is 3. The molecule has 0 aliphatic heterocycles. The monoisotopic (exact) mass is 211 g/mol. The van der Waals surface area contributed by atoms with Gasteiger partial charge in [-0.3, -0.25) is 14.9 Å². The van der Waals surface area contributed by atoms with Gasteiger partial charge in [-0.05, 0) is 25.1 Å². The Morgan fingerprint density at radius 3 is 2.64 bits per heavy atom. The zero-order chi connectivity index (χ0) is 9.97. The normalized spacial score (nSPS) is 18.3. The maximum Gasteiger partial charge on any atom is 0.273 e. The second-order valence-electron chi connectivity index (χ2n) is 3.73. The fraction of sp³-hybridized carbons (Fsp3) is 0.667. The van der Waals surface area contributed by atoms with Crippen molar-refractivity contribution in [2.75, 3.05) is 0 Å². The highest BCUT2D eigenvalue weighted by Gasteiger charge is 2.19. The van der Waals surface area contributed by atoms with Gasteiger partial charge in [-0.2, -0.15) is 5.10 Å². The third-order valence-corrected chi connectivity index (χ3v) is 2.92. The van der Waals surface area contributed by atoms with Crippen LogP contribution in [0.4, 0.5) is 0 Å². The third kappa shape index (κ3) is 1.92. The van der Waals surface area contributed by atoms with Gasteiger partial charge in [0.25, 0.3) is 5.56 Å². The van der Waals surface area contributed by atoms with E-state index in [9.17, 15) is 4.79 Å². The summed E-state index contributed by atoms with van der Waals surface area (Å²) in [5.41, 5.74) is 0.499. The third-order valence-electron chi connectivity index (χ3n) is 2.73. The Balaban J connectivity index is 2.31. The van der Waals surface area contributed by atoms with Crippen LogP contribution in [0.15, 0.2) is 4.79 Å². The average Bonchev–Trinajstić information content (AvgIpc) is 2.19. The molecule has 0 radical (unpaired) electrons. The molecule has 1 aliphatic rings. The van der Waals surface area contributed by atoms with Crippen molar-refractivity contribution < 1.29 is 0 Å². The van der Waals surface area contributed by atoms with Gasteiger partial charge in [-0.1, -0.05) is 19.3 Å². The second kappa shape index (κ2) is 4.04. The van der Waals surface area contributed by atoms with Crippen molar-refractivity contribution in [1.29, 1.82) is 0 Å². The Morgan fingerprint density at radius 1 is 1.29 bits per heavy atom. The van der Waals surface area contributed by atoms with Crippen LogP contribution in [-0.2, 0) is 0 Å². The van der Waals surface area contributed by atoms with Gasteiger partial charge in [0.1, 0.15) is 5.69 Å². The number of nitrogens with one attached hydrogen (secondary N) is 2. The van der Waals surface area contributed by atoms with E-state index in [1.54, 1.807) is 0 Å². The van der Waals surface area contributed by atoms with Crippen molar-refractivity contribution in [3.63, 3.8) is 0 Å². The van der Waals surface area contributed by atoms with E-state index in [2.05, 4.69) is 15.2 Å². The first kappa shape index (κ1) is 9.58. The molecule has 0 aromatic carbocycles. The predicted molar refractivity (Wildman–Crippen MR) is 55.9 cm³/mol. The molecule has 5 heteroatoms. The highest BCUT2D eigenvalue weighted by molar-refractivity contribution is 7.71. The summed E-state index contributed by atoms with van der Waals surface area (Å²) < 4.78 is 0.301. The summed E-state index contributed by atoms with van der Waals surface area (Å²) in [7, 11) is 0. The molecule has 14 heavy (non-hydrogen) atoms. The molecule has 2 N–H and O–H groups in total. The molecular formula is C9H13N3OS. The fourth-order valence-corrected chi connectivity index (χ4v) is 2.15. The standard InChI is InChI=1S/C9H13N3OS/c13-8-7(11-12-9(14)10-8)6-4-2-1-3-5-6/h6H,1-5H2,(H2,10,12,13,14). The van der Waals surface area contributed by atoms with Crippen LogP contribution in [0.3, 0.4) is 0 Å². The van der Waals surface area contributed by atoms with E-state index in [1.165, 1.54) is 19.3 Å². The fourth-order valence-electron chi connectivity index (χ4n) is 2.01. The van der Waals surface area contributed by atoms with E-state index in [1.807, 2.05) is 0 Å². The van der Waals surface area contributed by atoms with Crippen molar-refractivity contribution in [1.82, 2.24) is 15.2 Å². The van der Waals surface area contributed by atoms with Crippen molar-refractivity contribution in [2.24, 2.45) is 0 Å². The van der Waals surface area contributed by atoms with Crippen molar-refractivity contribution in [3.05, 3.63) is 20.8 Å². The van der Waals surface area contributed by atoms with Gasteiger partial charge >= 0.3 is 0 Å². The molecule has 0 unspecified atom stereocenters. The molecule has 1 aromatic rings. The number of rotatable bonds is 1. The largest absolute Gasteiger partial charge is 0.296 e. The Kier molecular flexibility index (Phi) is 2.77. The molecule has 0 amide bonds. The lowest BCUT2D eigenvalue weighted by Gasteiger charge is -2.19. The van der Waals surface area contributed by atoms with Crippen molar-refractivity contribution >= 4 is 12.2 Å². The first-order valence-electron chi connectivity index (χ1n) is 4.96. The van der Waals surface area contributed by atoms with Crippen LogP contribution in [0.25, 0.3) is 0 Å². The van der Waals surface area contributed by atoms with Crippen LogP contribution in [0.5, 0.6) is 0 Å². The lowest BCUT2D eigenvalue weighted by atomic mass is 9.87. The molecule has 76 valence electrons. The molecule has 1 aliphatic carbocycles. The summed E-state index contributed by atoms with van der Waals surface area (Å²) in [5.74, 6) is 0.319. The van der Waals surface area contributed by atoms with Gasteiger partial charge < -0.3 is 0 Å². The maximum atomic E-state index is 11.5. The summed E-state index contributed by atoms with van der Waals surface area (Å²) in [6.45, 7) is 0. The quantitative estimate of drug-likeness (QED) is 0.697. The highest BCUT2D eigenvalue weighted by Crippen LogP contribution is 2.29. The lowest BCUT2D eigenvalue weighted by molar-refractivity contribution is 0.430. The van der Waals surface area contributed by atoms with Gasteiger partial charge in [0, 0.05) is 5.92 Å². The van der Waals surface area contributed by atoms with E-state index < -0.39 is 0 Å². The topological polar surface area (TPSA) is 61.5 Å². The smallest absolute Gasteiger partial charge is 0.273 e. The molecule has 0 atom stereocenters. The van der Waals surface area contributed by atoms with Crippen molar-refractivity contribution in [3.8, 4) is 0 Å². The van der Waals surface area contributed by atoms with Gasteiger partial charge in [0.2, 0.25) is 0 Å². The molecule has 0 bridgehead atoms. The summed E-state index contributed by atoms with van der Waals surface area (Å²) in [6.07, 6.45) is 5.81. The van der Waals surface area contributed by atoms with E-state index >= 15 is 0 Å². The minimum atomic E-state index is -0.124. The number of nitrogens with zero attached hydrogens (tertiary/aromatic N) is 1. The zero-order valence-corrected chi connectivity index (χ0v) is 8.69. The minimum Gasteiger partial charge on any atom is -0.296 e. The van der Waals surface area contributed by atoms with Crippen LogP contribution in [0.1, 0.15) is 43.7 Å². The Bertz CT molecular complexity index is 417. The maximum absolute atomic E-state index is 11.5. The number of aromatic amines is 2. The van der Waals surface area contributed by atoms with Gasteiger partial charge in [0.15, 0.2) is 4.77 Å². The molecule has 0 saturated heterocycles. The SMILES string of the molecule is O=c1[nH]c(=S)[nH]nc1C1CCCCC1. The summed E-state index contributed by atoms with van der Waals surface area (Å²) >= 11 is 4.79. The molecule has 1 aromatic heterocycles. The van der Waals surface area contributed by atoms with E-state index in [-0.39, 0.29) is 5.56 Å². The van der Waals surface area contributed by atoms with Gasteiger partial charge in [0.05, 0.1) is 0 Å². The molecule has 1 saturated carbocycles. The number of H-pyrrole nitrogens is 2. The van der Waals surface area contributed by atoms with Crippen LogP contribution in [0, 0.1) is 4.77 Å². The van der Waals surface area contributed by atoms with Gasteiger partial charge in [-0.15, -0.1) is 0 Å². The molecular weight excluding hydrogens is 198 g/mol. The van der Waals surface area contributed by atoms with Crippen molar-refractivity contribution in [2.45, 2.75) is 38.0 Å². The summed E-state index contributed by atoms with van der Waals surface area (Å²) in [4.78, 5) is 14.1. The number of hydrogen-bond donors (Lipinski definition) is 2. The number of hydrogen-bond acceptors (Lipinski definition) is 3. The molecule has 4 nitrogen and oxygen atoms in total. The Labute approximate surface area is 86.8 Å². The molecule has 2 rings (SSSR count).